The van der Waals surface area contributed by atoms with Crippen LogP contribution < -0.4 is 37.2 Å². The van der Waals surface area contributed by atoms with E-state index in [1.54, 1.807) is 0 Å². The minimum atomic E-state index is -0.00860. The molecule has 0 aromatic heterocycles. The number of nitrogen functional groups attached to an aromatic ring is 1. The zero-order valence-corrected chi connectivity index (χ0v) is 26.4. The highest BCUT2D eigenvalue weighted by atomic mass is 127. The van der Waals surface area contributed by atoms with E-state index in [1.165, 1.54) is 104 Å². The second-order valence-corrected chi connectivity index (χ2v) is 14.0. The van der Waals surface area contributed by atoms with E-state index < -0.39 is 0 Å². The predicted molar refractivity (Wildman–Crippen MR) is 196 cm³/mol. The Balaban J connectivity index is 1.42. The van der Waals surface area contributed by atoms with Gasteiger partial charge in [-0.3, -0.25) is 0 Å². The predicted octanol–water partition coefficient (Wildman–Crippen LogP) is 6.61. The van der Waals surface area contributed by atoms with Crippen LogP contribution in [0.3, 0.4) is 0 Å². The molecule has 0 radical (unpaired) electrons. The van der Waals surface area contributed by atoms with Gasteiger partial charge in [0.1, 0.15) is 0 Å². The SMILES string of the molecule is Cc1cccc2c1B1c3c(C)cccc3-c3ccc4c5c3N1c1c-2ccc2c1N5B(c1c(N)cccc1-2)c1c(I)cccc1-4. The summed E-state index contributed by atoms with van der Waals surface area (Å²) in [4.78, 5) is 5.41. The summed E-state index contributed by atoms with van der Waals surface area (Å²) in [6.45, 7) is 4.67. The molecule has 0 unspecified atom stereocenters. The van der Waals surface area contributed by atoms with Crippen molar-refractivity contribution in [1.29, 1.82) is 0 Å². The van der Waals surface area contributed by atoms with Crippen molar-refractivity contribution in [3.8, 4) is 44.5 Å². The summed E-state index contributed by atoms with van der Waals surface area (Å²) in [5.74, 6) is 0. The Kier molecular flexibility index (Phi) is 4.25. The zero-order chi connectivity index (χ0) is 29.2. The Hall–Kier alpha value is -4.42. The van der Waals surface area contributed by atoms with E-state index >= 15 is 0 Å². The summed E-state index contributed by atoms with van der Waals surface area (Å²) >= 11 is 2.54. The van der Waals surface area contributed by atoms with E-state index in [-0.39, 0.29) is 13.7 Å². The molecule has 204 valence electrons. The number of anilines is 5. The monoisotopic (exact) mass is 671 g/mol. The number of nitrogens with zero attached hydrogens (tertiary/aromatic N) is 2. The Labute approximate surface area is 270 Å². The van der Waals surface area contributed by atoms with Gasteiger partial charge < -0.3 is 15.4 Å². The maximum absolute atomic E-state index is 6.96. The van der Waals surface area contributed by atoms with Gasteiger partial charge in [-0.05, 0) is 92.7 Å². The first-order valence-corrected chi connectivity index (χ1v) is 16.4. The van der Waals surface area contributed by atoms with Crippen LogP contribution in [0.4, 0.5) is 28.4 Å². The number of nitrogens with two attached hydrogens (primary N) is 1. The third-order valence-electron chi connectivity index (χ3n) is 10.9. The van der Waals surface area contributed by atoms with Crippen molar-refractivity contribution in [1.82, 2.24) is 0 Å². The van der Waals surface area contributed by atoms with Gasteiger partial charge in [0.2, 0.25) is 0 Å². The number of fused-ring (bicyclic) bond motifs is 12. The minimum absolute atomic E-state index is 0.00860. The Bertz CT molecular complexity index is 2050. The van der Waals surface area contributed by atoms with Crippen LogP contribution in [0, 0.1) is 17.4 Å². The van der Waals surface area contributed by atoms with Crippen molar-refractivity contribution in [3.63, 3.8) is 0 Å². The Morgan fingerprint density at radius 3 is 1.34 bits per heavy atom. The fourth-order valence-electron chi connectivity index (χ4n) is 9.28. The van der Waals surface area contributed by atoms with Crippen LogP contribution in [0.25, 0.3) is 44.5 Å². The third-order valence-corrected chi connectivity index (χ3v) is 11.8. The number of hydrogen-bond acceptors (Lipinski definition) is 3. The molecule has 3 nitrogen and oxygen atoms in total. The van der Waals surface area contributed by atoms with Crippen molar-refractivity contribution in [2.24, 2.45) is 0 Å². The summed E-state index contributed by atoms with van der Waals surface area (Å²) in [5.41, 5.74) is 31.7. The van der Waals surface area contributed by atoms with Crippen molar-refractivity contribution >= 4 is 86.6 Å². The summed E-state index contributed by atoms with van der Waals surface area (Å²) in [6.07, 6.45) is 0. The minimum Gasteiger partial charge on any atom is -0.399 e. The molecule has 2 N–H and O–H groups in total. The summed E-state index contributed by atoms with van der Waals surface area (Å²) < 4.78 is 1.28. The molecule has 0 aliphatic carbocycles. The standard InChI is InChI=1S/C38H24B2IN3/c1-19-7-3-9-21-25-15-17-27-23-11-5-13-29(41)33(23)40-34-24(12-6-14-30(34)42)28-18-16-26-22-10-4-8-20(2)32(22)39(31(19)21)43-35(25)37(27)44(40)38(28)36(26)43/h3-18H,42H2,1-2H3. The second-order valence-electron chi connectivity index (χ2n) is 12.8. The van der Waals surface area contributed by atoms with Gasteiger partial charge in [-0.25, -0.2) is 0 Å². The topological polar surface area (TPSA) is 32.5 Å². The highest BCUT2D eigenvalue weighted by Crippen LogP contribution is 2.64. The molecule has 0 saturated carbocycles. The van der Waals surface area contributed by atoms with E-state index in [0.29, 0.717) is 0 Å². The van der Waals surface area contributed by atoms with Gasteiger partial charge in [0.05, 0.1) is 22.7 Å². The lowest BCUT2D eigenvalue weighted by Gasteiger charge is -2.55. The Morgan fingerprint density at radius 1 is 0.455 bits per heavy atom. The van der Waals surface area contributed by atoms with Gasteiger partial charge in [-0.1, -0.05) is 96.1 Å². The maximum Gasteiger partial charge on any atom is 0.332 e. The molecule has 0 amide bonds. The van der Waals surface area contributed by atoms with Crippen molar-refractivity contribution in [2.45, 2.75) is 13.8 Å². The molecule has 0 bridgehead atoms. The lowest BCUT2D eigenvalue weighted by atomic mass is 9.39. The van der Waals surface area contributed by atoms with Gasteiger partial charge in [-0.15, -0.1) is 0 Å². The maximum atomic E-state index is 6.96. The molecule has 5 heterocycles. The summed E-state index contributed by atoms with van der Waals surface area (Å²) in [7, 11) is 0. The Morgan fingerprint density at radius 2 is 0.841 bits per heavy atom. The molecule has 0 spiro atoms. The average molecular weight is 671 g/mol. The van der Waals surface area contributed by atoms with E-state index in [1.807, 2.05) is 0 Å². The molecule has 5 aliphatic heterocycles. The molecule has 0 saturated heterocycles. The van der Waals surface area contributed by atoms with E-state index in [4.69, 9.17) is 5.73 Å². The van der Waals surface area contributed by atoms with Gasteiger partial charge in [0.15, 0.2) is 0 Å². The van der Waals surface area contributed by atoms with Crippen LogP contribution in [-0.4, -0.2) is 13.7 Å². The fourth-order valence-corrected chi connectivity index (χ4v) is 10.1. The van der Waals surface area contributed by atoms with Gasteiger partial charge in [-0.2, -0.15) is 0 Å². The summed E-state index contributed by atoms with van der Waals surface area (Å²) in [5, 5.41) is 0. The van der Waals surface area contributed by atoms with Crippen LogP contribution in [-0.2, 0) is 0 Å². The van der Waals surface area contributed by atoms with E-state index in [9.17, 15) is 0 Å². The number of aryl methyl sites for hydroxylation is 2. The van der Waals surface area contributed by atoms with Crippen LogP contribution in [0.15, 0.2) is 97.1 Å². The molecular formula is C38H24B2IN3. The van der Waals surface area contributed by atoms with Crippen molar-refractivity contribution in [2.75, 3.05) is 15.4 Å². The highest BCUT2D eigenvalue weighted by molar-refractivity contribution is 14.1. The van der Waals surface area contributed by atoms with Crippen molar-refractivity contribution in [3.05, 3.63) is 112 Å². The second kappa shape index (κ2) is 7.80. The van der Waals surface area contributed by atoms with Gasteiger partial charge in [0.25, 0.3) is 0 Å². The molecule has 6 aromatic carbocycles. The van der Waals surface area contributed by atoms with Crippen LogP contribution in [0.1, 0.15) is 11.1 Å². The molecule has 6 heteroatoms. The van der Waals surface area contributed by atoms with E-state index in [0.717, 1.165) is 5.69 Å². The molecule has 6 aromatic rings. The van der Waals surface area contributed by atoms with Gasteiger partial charge >= 0.3 is 13.7 Å². The number of benzene rings is 6. The largest absolute Gasteiger partial charge is 0.399 e. The first-order chi connectivity index (χ1) is 21.5. The van der Waals surface area contributed by atoms with Crippen LogP contribution in [0.5, 0.6) is 0 Å². The molecule has 44 heavy (non-hydrogen) atoms. The van der Waals surface area contributed by atoms with Crippen LogP contribution >= 0.6 is 22.6 Å². The first-order valence-electron chi connectivity index (χ1n) is 15.3. The molecular weight excluding hydrogens is 647 g/mol. The van der Waals surface area contributed by atoms with Crippen LogP contribution in [0.2, 0.25) is 0 Å². The smallest absolute Gasteiger partial charge is 0.332 e. The molecule has 0 fully saturated rings. The normalized spacial score (nSPS) is 14.6. The molecule has 0 atom stereocenters. The van der Waals surface area contributed by atoms with Gasteiger partial charge in [0, 0.05) is 31.5 Å². The number of halogens is 1. The van der Waals surface area contributed by atoms with E-state index in [2.05, 4.69) is 143 Å². The van der Waals surface area contributed by atoms with Crippen molar-refractivity contribution < 1.29 is 0 Å². The number of rotatable bonds is 0. The third kappa shape index (κ3) is 2.51. The quantitative estimate of drug-likeness (QED) is 0.112. The lowest BCUT2D eigenvalue weighted by molar-refractivity contribution is 1.23. The molecule has 11 rings (SSSR count). The fraction of sp³-hybridized carbons (Fsp3) is 0.0526. The number of hydrogen-bond donors (Lipinski definition) is 1. The summed E-state index contributed by atoms with van der Waals surface area (Å²) in [6, 6.07) is 36.5. The first kappa shape index (κ1) is 24.0. The molecule has 5 aliphatic rings. The average Bonchev–Trinajstić information content (AvgIpc) is 3.03. The zero-order valence-electron chi connectivity index (χ0n) is 24.2. The lowest BCUT2D eigenvalue weighted by Crippen LogP contribution is -2.66. The highest BCUT2D eigenvalue weighted by Gasteiger charge is 2.55.